The molecule has 560 valence electrons. The second kappa shape index (κ2) is 31.6. The smallest absolute Gasteiger partial charge is 0.164 e. The van der Waals surface area contributed by atoms with Crippen LogP contribution in [0.15, 0.2) is 437 Å². The van der Waals surface area contributed by atoms with E-state index in [-0.39, 0.29) is 0 Å². The van der Waals surface area contributed by atoms with Gasteiger partial charge in [0.15, 0.2) is 34.9 Å². The van der Waals surface area contributed by atoms with Crippen LogP contribution in [0, 0.1) is 0 Å². The highest BCUT2D eigenvalue weighted by Gasteiger charge is 2.19. The number of para-hydroxylation sites is 1. The van der Waals surface area contributed by atoms with Gasteiger partial charge in [0.1, 0.15) is 0 Å². The highest BCUT2D eigenvalue weighted by Crippen LogP contribution is 2.40. The number of aromatic nitrogens is 8. The second-order valence-electron chi connectivity index (χ2n) is 30.1. The lowest BCUT2D eigenvalue weighted by Crippen LogP contribution is -2.00. The number of rotatable bonds is 14. The average Bonchev–Trinajstić information content (AvgIpc) is 0.740. The number of benzene rings is 18. The maximum Gasteiger partial charge on any atom is 0.164 e. The van der Waals surface area contributed by atoms with E-state index < -0.39 is 0 Å². The van der Waals surface area contributed by atoms with Crippen molar-refractivity contribution in [3.63, 3.8) is 0 Å². The molecule has 0 N–H and O–H groups in total. The quantitative estimate of drug-likeness (QED) is 0.0784. The van der Waals surface area contributed by atoms with Gasteiger partial charge in [0.05, 0.1) is 22.4 Å². The largest absolute Gasteiger partial charge is 0.247 e. The summed E-state index contributed by atoms with van der Waals surface area (Å²) in [5, 5.41) is 12.0. The van der Waals surface area contributed by atoms with Crippen LogP contribution in [0.4, 0.5) is 0 Å². The second-order valence-corrected chi connectivity index (χ2v) is 30.1. The maximum atomic E-state index is 5.22. The summed E-state index contributed by atoms with van der Waals surface area (Å²) in [4.78, 5) is 40.4. The Balaban J connectivity index is 0.000000148. The van der Waals surface area contributed by atoms with E-state index in [1.54, 1.807) is 0 Å². The van der Waals surface area contributed by atoms with E-state index in [0.717, 1.165) is 133 Å². The molecule has 0 amide bonds. The lowest BCUT2D eigenvalue weighted by Gasteiger charge is -2.12. The van der Waals surface area contributed by atoms with Crippen molar-refractivity contribution in [1.29, 1.82) is 0 Å². The first-order valence-corrected chi connectivity index (χ1v) is 40.4. The predicted molar refractivity (Wildman–Crippen MR) is 496 cm³/mol. The standard InChI is InChI=1S/2C56H36N4/c1-3-11-37(12-4-1)38-23-27-44(28-24-38)55-58-54(43-14-5-2-6-15-43)59-56(60-55)48-19-10-18-47(36-48)46-17-9-16-45(35-46)39-21-25-41(26-22-39)52-34-31-42-30-32-50-49-20-8-7-13-40(49)29-33-51(50)53(42)57-52;1-3-12-37(13-4-1)38-28-32-44(33-29-38)55-58-54(43-14-5-2-6-15-43)59-56(60-55)48-19-11-18-45(34-48)41-24-22-39(23-25-41)40-26-30-42(31-27-40)53-51-36-47-17-8-7-16-46(47)35-50(51)49-20-9-10-21-52(49)57-53/h2*1-36H. The van der Waals surface area contributed by atoms with Crippen LogP contribution < -0.4 is 0 Å². The van der Waals surface area contributed by atoms with Crippen molar-refractivity contribution in [2.24, 2.45) is 0 Å². The molecule has 22 aromatic rings. The van der Waals surface area contributed by atoms with Gasteiger partial charge in [-0.2, -0.15) is 0 Å². The summed E-state index contributed by atoms with van der Waals surface area (Å²) < 4.78 is 0. The number of hydrogen-bond donors (Lipinski definition) is 0. The third-order valence-electron chi connectivity index (χ3n) is 22.6. The molecule has 0 aliphatic rings. The summed E-state index contributed by atoms with van der Waals surface area (Å²) in [6.07, 6.45) is 0. The van der Waals surface area contributed by atoms with Gasteiger partial charge in [-0.05, 0) is 142 Å². The number of pyridine rings is 2. The topological polar surface area (TPSA) is 103 Å². The summed E-state index contributed by atoms with van der Waals surface area (Å²) >= 11 is 0. The fraction of sp³-hybridized carbons (Fsp3) is 0. The van der Waals surface area contributed by atoms with Gasteiger partial charge in [-0.3, -0.25) is 0 Å². The highest BCUT2D eigenvalue weighted by molar-refractivity contribution is 6.17. The van der Waals surface area contributed by atoms with Crippen molar-refractivity contribution < 1.29 is 0 Å². The van der Waals surface area contributed by atoms with E-state index in [0.29, 0.717) is 34.9 Å². The summed E-state index contributed by atoms with van der Waals surface area (Å²) in [6.45, 7) is 0. The highest BCUT2D eigenvalue weighted by atomic mass is 15.0. The van der Waals surface area contributed by atoms with E-state index >= 15 is 0 Å². The van der Waals surface area contributed by atoms with Crippen LogP contribution in [0.25, 0.3) is 222 Å². The zero-order chi connectivity index (χ0) is 79.7. The van der Waals surface area contributed by atoms with Gasteiger partial charge in [0.25, 0.3) is 0 Å². The molecule has 0 unspecified atom stereocenters. The van der Waals surface area contributed by atoms with Crippen LogP contribution in [0.2, 0.25) is 0 Å². The summed E-state index contributed by atoms with van der Waals surface area (Å²) in [5.41, 5.74) is 25.4. The zero-order valence-electron chi connectivity index (χ0n) is 65.1. The summed E-state index contributed by atoms with van der Waals surface area (Å²) in [5.74, 6) is 3.81. The lowest BCUT2D eigenvalue weighted by atomic mass is 9.95. The van der Waals surface area contributed by atoms with Gasteiger partial charge < -0.3 is 0 Å². The van der Waals surface area contributed by atoms with Crippen molar-refractivity contribution in [3.05, 3.63) is 437 Å². The van der Waals surface area contributed by atoms with E-state index in [4.69, 9.17) is 39.9 Å². The normalized spacial score (nSPS) is 11.3. The van der Waals surface area contributed by atoms with Gasteiger partial charge in [-0.1, -0.05) is 394 Å². The Morgan fingerprint density at radius 1 is 0.125 bits per heavy atom. The van der Waals surface area contributed by atoms with Gasteiger partial charge in [-0.25, -0.2) is 39.9 Å². The van der Waals surface area contributed by atoms with Crippen LogP contribution in [-0.4, -0.2) is 39.9 Å². The van der Waals surface area contributed by atoms with Crippen LogP contribution in [0.5, 0.6) is 0 Å². The third-order valence-corrected chi connectivity index (χ3v) is 22.6. The molecule has 120 heavy (non-hydrogen) atoms. The van der Waals surface area contributed by atoms with Crippen molar-refractivity contribution in [1.82, 2.24) is 39.9 Å². The number of fused-ring (bicyclic) bond motifs is 9. The van der Waals surface area contributed by atoms with Crippen LogP contribution in [-0.2, 0) is 0 Å². The molecule has 0 atom stereocenters. The van der Waals surface area contributed by atoms with Crippen LogP contribution in [0.3, 0.4) is 0 Å². The Morgan fingerprint density at radius 3 is 0.900 bits per heavy atom. The molecule has 0 aliphatic heterocycles. The minimum absolute atomic E-state index is 0.628. The van der Waals surface area contributed by atoms with E-state index in [2.05, 4.69) is 364 Å². The Kier molecular flexibility index (Phi) is 18.8. The Bertz CT molecular complexity index is 7580. The fourth-order valence-corrected chi connectivity index (χ4v) is 16.3. The fourth-order valence-electron chi connectivity index (χ4n) is 16.3. The molecule has 0 saturated carbocycles. The monoisotopic (exact) mass is 1530 g/mol. The van der Waals surface area contributed by atoms with Crippen molar-refractivity contribution >= 4 is 64.9 Å². The molecule has 0 fully saturated rings. The Labute approximate surface area is 694 Å². The molecule has 0 aliphatic carbocycles. The zero-order valence-corrected chi connectivity index (χ0v) is 65.1. The molecular formula is C112H72N8. The molecule has 0 spiro atoms. The predicted octanol–water partition coefficient (Wildman–Crippen LogP) is 28.8. The summed E-state index contributed by atoms with van der Waals surface area (Å²) in [7, 11) is 0. The number of hydrogen-bond acceptors (Lipinski definition) is 8. The molecular weight excluding hydrogens is 1460 g/mol. The van der Waals surface area contributed by atoms with E-state index in [9.17, 15) is 0 Å². The lowest BCUT2D eigenvalue weighted by molar-refractivity contribution is 1.07. The molecule has 0 saturated heterocycles. The molecule has 8 heteroatoms. The van der Waals surface area contributed by atoms with Crippen molar-refractivity contribution in [2.75, 3.05) is 0 Å². The molecule has 4 aromatic heterocycles. The van der Waals surface area contributed by atoms with Crippen LogP contribution >= 0.6 is 0 Å². The van der Waals surface area contributed by atoms with Crippen molar-refractivity contribution in [3.8, 4) is 158 Å². The Morgan fingerprint density at radius 2 is 0.425 bits per heavy atom. The Hall–Kier alpha value is -16.2. The first-order valence-electron chi connectivity index (χ1n) is 40.4. The molecule has 8 nitrogen and oxygen atoms in total. The summed E-state index contributed by atoms with van der Waals surface area (Å²) in [6, 6.07) is 153. The molecule has 0 bridgehead atoms. The maximum absolute atomic E-state index is 5.22. The van der Waals surface area contributed by atoms with Crippen molar-refractivity contribution in [2.45, 2.75) is 0 Å². The van der Waals surface area contributed by atoms with Gasteiger partial charge in [0.2, 0.25) is 0 Å². The van der Waals surface area contributed by atoms with Crippen LogP contribution in [0.1, 0.15) is 0 Å². The first-order chi connectivity index (χ1) is 59.4. The van der Waals surface area contributed by atoms with Gasteiger partial charge in [-0.15, -0.1) is 0 Å². The number of nitrogens with zero attached hydrogens (tertiary/aromatic N) is 8. The van der Waals surface area contributed by atoms with Gasteiger partial charge in [0, 0.05) is 66.1 Å². The first kappa shape index (κ1) is 71.6. The minimum atomic E-state index is 0.628. The molecule has 0 radical (unpaired) electrons. The van der Waals surface area contributed by atoms with E-state index in [1.807, 2.05) is 72.8 Å². The SMILES string of the molecule is c1ccc(-c2ccc(-c3nc(-c4ccccc4)nc(-c4cccc(-c5ccc(-c6ccc(-c7nc8ccccc8c8cc9ccccc9cc78)cc6)cc5)c4)n3)cc2)cc1.c1ccc(-c2ccc(-c3nc(-c4ccccc4)nc(-c4cccc(-c5cccc(-c6ccc(-c7ccc8ccc9c%10ccccc%10ccc9c8n7)cc6)c5)c4)n3)cc2)cc1. The average molecular weight is 1530 g/mol. The molecule has 18 aromatic carbocycles. The molecule has 4 heterocycles. The third kappa shape index (κ3) is 14.4. The van der Waals surface area contributed by atoms with E-state index in [1.165, 1.54) is 54.2 Å². The molecule has 22 rings (SSSR count). The van der Waals surface area contributed by atoms with Gasteiger partial charge >= 0.3 is 0 Å². The minimum Gasteiger partial charge on any atom is -0.247 e.